The van der Waals surface area contributed by atoms with Gasteiger partial charge in [0.05, 0.1) is 6.04 Å². The van der Waals surface area contributed by atoms with Crippen molar-refractivity contribution < 1.29 is 0 Å². The summed E-state index contributed by atoms with van der Waals surface area (Å²) in [6.45, 7) is 4.02. The number of aryl methyl sites for hydroxylation is 1. The van der Waals surface area contributed by atoms with Gasteiger partial charge in [-0.2, -0.15) is 0 Å². The second-order valence-corrected chi connectivity index (χ2v) is 6.78. The molecule has 0 saturated carbocycles. The highest BCUT2D eigenvalue weighted by atomic mass is 32.1. The number of hydrogen-bond donors (Lipinski definition) is 1. The zero-order valence-corrected chi connectivity index (χ0v) is 13.7. The quantitative estimate of drug-likeness (QED) is 0.915. The second kappa shape index (κ2) is 6.11. The molecule has 7 heteroatoms. The highest BCUT2D eigenvalue weighted by Crippen LogP contribution is 2.22. The predicted molar refractivity (Wildman–Crippen MR) is 84.7 cm³/mol. The maximum Gasteiger partial charge on any atom is 0.185 e. The van der Waals surface area contributed by atoms with Crippen LogP contribution in [0.2, 0.25) is 0 Å². The Bertz CT molecular complexity index is 602. The van der Waals surface area contributed by atoms with Crippen LogP contribution in [0, 0.1) is 0 Å². The highest BCUT2D eigenvalue weighted by Gasteiger charge is 2.19. The van der Waals surface area contributed by atoms with Crippen molar-refractivity contribution >= 4 is 16.5 Å². The lowest BCUT2D eigenvalue weighted by atomic mass is 10.1. The molecule has 2 aromatic heterocycles. The fourth-order valence-corrected chi connectivity index (χ4v) is 3.37. The highest BCUT2D eigenvalue weighted by molar-refractivity contribution is 7.15. The van der Waals surface area contributed by atoms with Gasteiger partial charge in [-0.1, -0.05) is 0 Å². The van der Waals surface area contributed by atoms with E-state index in [1.165, 1.54) is 17.7 Å². The smallest absolute Gasteiger partial charge is 0.185 e. The molecule has 0 aliphatic carbocycles. The first kappa shape index (κ1) is 14.5. The first-order valence-electron chi connectivity index (χ1n) is 7.42. The van der Waals surface area contributed by atoms with Crippen molar-refractivity contribution in [3.05, 3.63) is 22.7 Å². The van der Waals surface area contributed by atoms with Gasteiger partial charge in [-0.15, -0.1) is 21.5 Å². The summed E-state index contributed by atoms with van der Waals surface area (Å²) in [4.78, 5) is 7.67. The fraction of sp³-hybridized carbons (Fsp3) is 0.643. The van der Waals surface area contributed by atoms with Gasteiger partial charge in [0.25, 0.3) is 0 Å². The van der Waals surface area contributed by atoms with E-state index in [1.54, 1.807) is 11.3 Å². The van der Waals surface area contributed by atoms with E-state index < -0.39 is 0 Å². The van der Waals surface area contributed by atoms with Crippen LogP contribution >= 0.6 is 11.3 Å². The molecule has 0 radical (unpaired) electrons. The minimum absolute atomic E-state index is 0.203. The normalized spacial score (nSPS) is 15.8. The molecule has 21 heavy (non-hydrogen) atoms. The maximum absolute atomic E-state index is 4.40. The topological polar surface area (TPSA) is 58.9 Å². The van der Waals surface area contributed by atoms with Crippen LogP contribution in [0.15, 0.2) is 6.20 Å². The van der Waals surface area contributed by atoms with Crippen molar-refractivity contribution in [1.82, 2.24) is 25.1 Å². The van der Waals surface area contributed by atoms with Crippen LogP contribution in [0.4, 0.5) is 5.13 Å². The SMILES string of the molecule is C[C@@H](NCc1cnc(N(C)C)s1)c1nnc2n1CCCC2. The number of nitrogens with zero attached hydrogens (tertiary/aromatic N) is 5. The molecule has 1 atom stereocenters. The summed E-state index contributed by atoms with van der Waals surface area (Å²) in [6, 6.07) is 0.203. The summed E-state index contributed by atoms with van der Waals surface area (Å²) in [5, 5.41) is 13.3. The molecule has 0 spiro atoms. The average Bonchev–Trinajstić information content (AvgIpc) is 3.11. The Morgan fingerprint density at radius 1 is 1.38 bits per heavy atom. The van der Waals surface area contributed by atoms with Crippen molar-refractivity contribution in [2.24, 2.45) is 0 Å². The Labute approximate surface area is 129 Å². The molecule has 0 aromatic carbocycles. The Morgan fingerprint density at radius 3 is 3.00 bits per heavy atom. The Kier molecular flexibility index (Phi) is 4.21. The average molecular weight is 306 g/mol. The molecule has 2 aromatic rings. The Balaban J connectivity index is 1.63. The van der Waals surface area contributed by atoms with Gasteiger partial charge >= 0.3 is 0 Å². The molecule has 1 aliphatic rings. The Morgan fingerprint density at radius 2 is 2.24 bits per heavy atom. The minimum atomic E-state index is 0.203. The molecule has 0 amide bonds. The van der Waals surface area contributed by atoms with Crippen LogP contribution in [0.1, 0.15) is 42.3 Å². The molecule has 114 valence electrons. The molecule has 3 rings (SSSR count). The van der Waals surface area contributed by atoms with Crippen LogP contribution in [0.25, 0.3) is 0 Å². The van der Waals surface area contributed by atoms with Gasteiger partial charge in [0.2, 0.25) is 0 Å². The van der Waals surface area contributed by atoms with Gasteiger partial charge in [-0.05, 0) is 19.8 Å². The molecule has 0 saturated heterocycles. The second-order valence-electron chi connectivity index (χ2n) is 5.69. The zero-order chi connectivity index (χ0) is 14.8. The van der Waals surface area contributed by atoms with Crippen LogP contribution in [-0.2, 0) is 19.5 Å². The van der Waals surface area contributed by atoms with E-state index in [4.69, 9.17) is 0 Å². The summed E-state index contributed by atoms with van der Waals surface area (Å²) in [7, 11) is 4.03. The standard InChI is InChI=1S/C14H22N6S/c1-10(13-18-17-12-6-4-5-7-20(12)13)15-8-11-9-16-14(21-11)19(2)3/h9-10,15H,4-8H2,1-3H3/t10-/m1/s1. The lowest BCUT2D eigenvalue weighted by Crippen LogP contribution is -2.23. The van der Waals surface area contributed by atoms with Crippen LogP contribution in [-0.4, -0.2) is 33.8 Å². The van der Waals surface area contributed by atoms with Crippen molar-refractivity contribution in [2.45, 2.75) is 45.3 Å². The number of fused-ring (bicyclic) bond motifs is 1. The zero-order valence-electron chi connectivity index (χ0n) is 12.8. The summed E-state index contributed by atoms with van der Waals surface area (Å²) in [5.41, 5.74) is 0. The molecule has 6 nitrogen and oxygen atoms in total. The molecule has 1 aliphatic heterocycles. The first-order valence-corrected chi connectivity index (χ1v) is 8.24. The third kappa shape index (κ3) is 3.08. The van der Waals surface area contributed by atoms with Gasteiger partial charge in [0.15, 0.2) is 5.13 Å². The number of nitrogens with one attached hydrogen (secondary N) is 1. The fourth-order valence-electron chi connectivity index (χ4n) is 2.58. The summed E-state index contributed by atoms with van der Waals surface area (Å²) in [6.07, 6.45) is 5.46. The van der Waals surface area contributed by atoms with Crippen LogP contribution < -0.4 is 10.2 Å². The van der Waals surface area contributed by atoms with Crippen molar-refractivity contribution in [3.8, 4) is 0 Å². The molecule has 1 N–H and O–H groups in total. The monoisotopic (exact) mass is 306 g/mol. The van der Waals surface area contributed by atoms with E-state index in [1.807, 2.05) is 25.2 Å². The van der Waals surface area contributed by atoms with Gasteiger partial charge in [-0.3, -0.25) is 0 Å². The molecule has 0 bridgehead atoms. The lowest BCUT2D eigenvalue weighted by molar-refractivity contribution is 0.466. The maximum atomic E-state index is 4.40. The van der Waals surface area contributed by atoms with E-state index in [0.717, 1.165) is 36.3 Å². The van der Waals surface area contributed by atoms with E-state index in [9.17, 15) is 0 Å². The number of aromatic nitrogens is 4. The van der Waals surface area contributed by atoms with Gasteiger partial charge in [0.1, 0.15) is 11.6 Å². The summed E-state index contributed by atoms with van der Waals surface area (Å²) < 4.78 is 2.28. The number of anilines is 1. The Hall–Kier alpha value is -1.47. The molecular weight excluding hydrogens is 284 g/mol. The van der Waals surface area contributed by atoms with E-state index in [2.05, 4.69) is 32.0 Å². The van der Waals surface area contributed by atoms with Crippen molar-refractivity contribution in [3.63, 3.8) is 0 Å². The van der Waals surface area contributed by atoms with Gasteiger partial charge < -0.3 is 14.8 Å². The predicted octanol–water partition coefficient (Wildman–Crippen LogP) is 1.99. The number of rotatable bonds is 5. The first-order chi connectivity index (χ1) is 10.1. The summed E-state index contributed by atoms with van der Waals surface area (Å²) in [5.74, 6) is 2.19. The van der Waals surface area contributed by atoms with Gasteiger partial charge in [-0.25, -0.2) is 4.98 Å². The third-order valence-electron chi connectivity index (χ3n) is 3.78. The summed E-state index contributed by atoms with van der Waals surface area (Å²) >= 11 is 1.72. The van der Waals surface area contributed by atoms with E-state index in [-0.39, 0.29) is 6.04 Å². The number of hydrogen-bond acceptors (Lipinski definition) is 6. The third-order valence-corrected chi connectivity index (χ3v) is 4.95. The largest absolute Gasteiger partial charge is 0.354 e. The number of thiazole rings is 1. The molecule has 3 heterocycles. The van der Waals surface area contributed by atoms with Crippen molar-refractivity contribution in [1.29, 1.82) is 0 Å². The van der Waals surface area contributed by atoms with E-state index >= 15 is 0 Å². The molecule has 0 fully saturated rings. The lowest BCUT2D eigenvalue weighted by Gasteiger charge is -2.18. The van der Waals surface area contributed by atoms with E-state index in [0.29, 0.717) is 0 Å². The minimum Gasteiger partial charge on any atom is -0.354 e. The van der Waals surface area contributed by atoms with Gasteiger partial charge in [0, 0.05) is 44.7 Å². The van der Waals surface area contributed by atoms with Crippen molar-refractivity contribution in [2.75, 3.05) is 19.0 Å². The van der Waals surface area contributed by atoms with Crippen LogP contribution in [0.5, 0.6) is 0 Å². The van der Waals surface area contributed by atoms with Crippen LogP contribution in [0.3, 0.4) is 0 Å². The molecular formula is C14H22N6S. The molecule has 0 unspecified atom stereocenters.